The van der Waals surface area contributed by atoms with Gasteiger partial charge in [-0.1, -0.05) is 6.92 Å². The van der Waals surface area contributed by atoms with Gasteiger partial charge in [-0.05, 0) is 30.7 Å². The first-order valence-corrected chi connectivity index (χ1v) is 8.22. The van der Waals surface area contributed by atoms with E-state index in [9.17, 15) is 14.4 Å². The molecule has 1 atom stereocenters. The smallest absolute Gasteiger partial charge is 0.337 e. The van der Waals surface area contributed by atoms with Gasteiger partial charge in [-0.25, -0.2) is 14.3 Å². The molecule has 0 saturated heterocycles. The Morgan fingerprint density at radius 2 is 2.07 bits per heavy atom. The fourth-order valence-electron chi connectivity index (χ4n) is 2.41. The lowest BCUT2D eigenvalue weighted by atomic mass is 10.1. The number of aryl methyl sites for hydroxylation is 1. The zero-order valence-electron chi connectivity index (χ0n) is 15.6. The van der Waals surface area contributed by atoms with Gasteiger partial charge in [0.15, 0.2) is 0 Å². The molecule has 1 heterocycles. The lowest BCUT2D eigenvalue weighted by Gasteiger charge is -2.21. The number of carboxylic acids is 1. The SMILES string of the molecule is COC(=O)c1ccc(-n2cc(C)cn2)c(NC(=O)N(C)CC(C)C(=O)O)c1. The van der Waals surface area contributed by atoms with Gasteiger partial charge >= 0.3 is 18.0 Å². The summed E-state index contributed by atoms with van der Waals surface area (Å²) in [5, 5.41) is 15.9. The Bertz CT molecular complexity index is 861. The van der Waals surface area contributed by atoms with Crippen LogP contribution in [0.4, 0.5) is 10.5 Å². The number of nitrogens with zero attached hydrogens (tertiary/aromatic N) is 3. The van der Waals surface area contributed by atoms with E-state index >= 15 is 0 Å². The van der Waals surface area contributed by atoms with Crippen LogP contribution in [-0.2, 0) is 9.53 Å². The first kappa shape index (κ1) is 20.0. The van der Waals surface area contributed by atoms with Crippen molar-refractivity contribution in [3.05, 3.63) is 41.7 Å². The minimum absolute atomic E-state index is 0.0358. The third-order valence-corrected chi connectivity index (χ3v) is 3.93. The molecular formula is C18H22N4O5. The predicted octanol–water partition coefficient (Wildman–Crippen LogP) is 2.15. The number of carbonyl (C=O) groups excluding carboxylic acids is 2. The molecule has 0 radical (unpaired) electrons. The highest BCUT2D eigenvalue weighted by molar-refractivity contribution is 5.96. The average molecular weight is 374 g/mol. The molecule has 2 rings (SSSR count). The third kappa shape index (κ3) is 4.84. The molecule has 2 amide bonds. The standard InChI is InChI=1S/C18H22N4O5/c1-11-8-19-22(9-11)15-6-5-13(17(25)27-4)7-14(15)20-18(26)21(3)10-12(2)16(23)24/h5-9,12H,10H2,1-4H3,(H,20,26)(H,23,24). The molecule has 144 valence electrons. The zero-order chi connectivity index (χ0) is 20.1. The Balaban J connectivity index is 2.32. The van der Waals surface area contributed by atoms with Gasteiger partial charge < -0.3 is 20.1 Å². The van der Waals surface area contributed by atoms with E-state index in [1.165, 1.54) is 32.0 Å². The van der Waals surface area contributed by atoms with Gasteiger partial charge in [-0.3, -0.25) is 4.79 Å². The van der Waals surface area contributed by atoms with Crippen molar-refractivity contribution in [3.8, 4) is 5.69 Å². The van der Waals surface area contributed by atoms with E-state index in [1.54, 1.807) is 29.2 Å². The number of aromatic nitrogens is 2. The maximum absolute atomic E-state index is 12.5. The number of rotatable bonds is 6. The summed E-state index contributed by atoms with van der Waals surface area (Å²) in [6.45, 7) is 3.43. The van der Waals surface area contributed by atoms with Crippen molar-refractivity contribution in [1.82, 2.24) is 14.7 Å². The maximum Gasteiger partial charge on any atom is 0.337 e. The summed E-state index contributed by atoms with van der Waals surface area (Å²) in [6.07, 6.45) is 3.44. The predicted molar refractivity (Wildman–Crippen MR) is 98.1 cm³/mol. The van der Waals surface area contributed by atoms with E-state index in [0.29, 0.717) is 11.4 Å². The van der Waals surface area contributed by atoms with E-state index in [0.717, 1.165) is 5.56 Å². The van der Waals surface area contributed by atoms with Gasteiger partial charge in [0.2, 0.25) is 0 Å². The normalized spacial score (nSPS) is 11.6. The average Bonchev–Trinajstić information content (AvgIpc) is 3.06. The summed E-state index contributed by atoms with van der Waals surface area (Å²) in [6, 6.07) is 4.21. The number of esters is 1. The van der Waals surface area contributed by atoms with Crippen LogP contribution in [0.2, 0.25) is 0 Å². The van der Waals surface area contributed by atoms with Crippen molar-refractivity contribution in [2.75, 3.05) is 26.0 Å². The highest BCUT2D eigenvalue weighted by atomic mass is 16.5. The second-order valence-corrected chi connectivity index (χ2v) is 6.24. The first-order chi connectivity index (χ1) is 12.7. The van der Waals surface area contributed by atoms with Gasteiger partial charge in [-0.15, -0.1) is 0 Å². The number of amides is 2. The lowest BCUT2D eigenvalue weighted by Crippen LogP contribution is -2.36. The highest BCUT2D eigenvalue weighted by Crippen LogP contribution is 2.23. The summed E-state index contributed by atoms with van der Waals surface area (Å²) in [5.74, 6) is -2.24. The van der Waals surface area contributed by atoms with Crippen molar-refractivity contribution in [3.63, 3.8) is 0 Å². The number of urea groups is 1. The first-order valence-electron chi connectivity index (χ1n) is 8.22. The molecule has 0 aliphatic carbocycles. The Labute approximate surface area is 156 Å². The second kappa shape index (κ2) is 8.35. The number of methoxy groups -OCH3 is 1. The fraction of sp³-hybridized carbons (Fsp3) is 0.333. The molecule has 1 aromatic heterocycles. The van der Waals surface area contributed by atoms with Gasteiger partial charge in [0, 0.05) is 19.8 Å². The number of ether oxygens (including phenoxy) is 1. The summed E-state index contributed by atoms with van der Waals surface area (Å²) in [4.78, 5) is 36.6. The molecule has 9 nitrogen and oxygen atoms in total. The number of hydrogen-bond acceptors (Lipinski definition) is 5. The van der Waals surface area contributed by atoms with E-state index in [-0.39, 0.29) is 12.1 Å². The Kier molecular flexibility index (Phi) is 6.17. The molecule has 0 spiro atoms. The van der Waals surface area contributed by atoms with Crippen LogP contribution < -0.4 is 5.32 Å². The summed E-state index contributed by atoms with van der Waals surface area (Å²) in [7, 11) is 2.77. The van der Waals surface area contributed by atoms with Crippen molar-refractivity contribution in [2.45, 2.75) is 13.8 Å². The van der Waals surface area contributed by atoms with Crippen LogP contribution in [0.3, 0.4) is 0 Å². The number of hydrogen-bond donors (Lipinski definition) is 2. The van der Waals surface area contributed by atoms with E-state index in [2.05, 4.69) is 10.4 Å². The van der Waals surface area contributed by atoms with Crippen LogP contribution in [0.25, 0.3) is 5.69 Å². The van der Waals surface area contributed by atoms with Crippen LogP contribution in [0, 0.1) is 12.8 Å². The largest absolute Gasteiger partial charge is 0.481 e. The molecule has 9 heteroatoms. The number of carbonyl (C=O) groups is 3. The molecule has 0 fully saturated rings. The van der Waals surface area contributed by atoms with Crippen LogP contribution in [0.5, 0.6) is 0 Å². The number of aliphatic carboxylic acids is 1. The molecule has 0 aliphatic rings. The topological polar surface area (TPSA) is 114 Å². The fourth-order valence-corrected chi connectivity index (χ4v) is 2.41. The summed E-state index contributed by atoms with van der Waals surface area (Å²) < 4.78 is 6.30. The van der Waals surface area contributed by atoms with Gasteiger partial charge in [0.05, 0.1) is 36.2 Å². The van der Waals surface area contributed by atoms with Crippen molar-refractivity contribution in [2.24, 2.45) is 5.92 Å². The highest BCUT2D eigenvalue weighted by Gasteiger charge is 2.19. The van der Waals surface area contributed by atoms with Crippen LogP contribution in [-0.4, -0.2) is 58.5 Å². The minimum Gasteiger partial charge on any atom is -0.481 e. The molecule has 0 bridgehead atoms. The third-order valence-electron chi connectivity index (χ3n) is 3.93. The zero-order valence-corrected chi connectivity index (χ0v) is 15.6. The van der Waals surface area contributed by atoms with Crippen molar-refractivity contribution < 1.29 is 24.2 Å². The molecular weight excluding hydrogens is 352 g/mol. The minimum atomic E-state index is -0.991. The molecule has 0 saturated carbocycles. The molecule has 0 aliphatic heterocycles. The number of benzene rings is 1. The summed E-state index contributed by atoms with van der Waals surface area (Å²) in [5.41, 5.74) is 2.10. The molecule has 27 heavy (non-hydrogen) atoms. The molecule has 2 N–H and O–H groups in total. The van der Waals surface area contributed by atoms with Gasteiger partial charge in [0.1, 0.15) is 0 Å². The van der Waals surface area contributed by atoms with Gasteiger partial charge in [-0.2, -0.15) is 5.10 Å². The van der Waals surface area contributed by atoms with Crippen molar-refractivity contribution in [1.29, 1.82) is 0 Å². The lowest BCUT2D eigenvalue weighted by molar-refractivity contribution is -0.141. The van der Waals surface area contributed by atoms with Crippen LogP contribution in [0.15, 0.2) is 30.6 Å². The maximum atomic E-state index is 12.5. The number of nitrogens with one attached hydrogen (secondary N) is 1. The van der Waals surface area contributed by atoms with Crippen LogP contribution >= 0.6 is 0 Å². The molecule has 1 aromatic carbocycles. The van der Waals surface area contributed by atoms with E-state index in [1.807, 2.05) is 6.92 Å². The Hall–Kier alpha value is -3.36. The van der Waals surface area contributed by atoms with Gasteiger partial charge in [0.25, 0.3) is 0 Å². The second-order valence-electron chi connectivity index (χ2n) is 6.24. The van der Waals surface area contributed by atoms with E-state index < -0.39 is 23.9 Å². The number of carboxylic acid groups (broad SMARTS) is 1. The summed E-state index contributed by atoms with van der Waals surface area (Å²) >= 11 is 0. The quantitative estimate of drug-likeness (QED) is 0.749. The molecule has 2 aromatic rings. The number of anilines is 1. The van der Waals surface area contributed by atoms with Crippen molar-refractivity contribution >= 4 is 23.7 Å². The van der Waals surface area contributed by atoms with E-state index in [4.69, 9.17) is 9.84 Å². The Morgan fingerprint density at radius 3 is 2.63 bits per heavy atom. The Morgan fingerprint density at radius 1 is 1.37 bits per heavy atom. The monoisotopic (exact) mass is 374 g/mol. The van der Waals surface area contributed by atoms with Crippen LogP contribution in [0.1, 0.15) is 22.8 Å². The molecule has 1 unspecified atom stereocenters.